The number of carbonyl (C=O) groups excluding carboxylic acids is 2. The zero-order chi connectivity index (χ0) is 12.7. The Morgan fingerprint density at radius 3 is 2.65 bits per heavy atom. The highest BCUT2D eigenvalue weighted by Gasteiger charge is 2.31. The Bertz CT molecular complexity index is 270. The van der Waals surface area contributed by atoms with Crippen molar-refractivity contribution in [1.82, 2.24) is 10.6 Å². The van der Waals surface area contributed by atoms with Crippen LogP contribution in [-0.2, 0) is 19.1 Å². The van der Waals surface area contributed by atoms with Gasteiger partial charge in [0.15, 0.2) is 0 Å². The van der Waals surface area contributed by atoms with Gasteiger partial charge in [-0.3, -0.25) is 9.59 Å². The normalized spacial score (nSPS) is 24.1. The molecule has 98 valence electrons. The molecule has 1 aliphatic heterocycles. The number of esters is 2. The molecule has 0 amide bonds. The van der Waals surface area contributed by atoms with E-state index in [1.54, 1.807) is 6.92 Å². The van der Waals surface area contributed by atoms with E-state index in [0.717, 1.165) is 13.1 Å². The number of hydrogen-bond acceptors (Lipinski definition) is 6. The van der Waals surface area contributed by atoms with E-state index in [9.17, 15) is 9.59 Å². The highest BCUT2D eigenvalue weighted by atomic mass is 16.5. The van der Waals surface area contributed by atoms with Gasteiger partial charge in [-0.25, -0.2) is 0 Å². The second kappa shape index (κ2) is 7.24. The zero-order valence-electron chi connectivity index (χ0n) is 10.3. The van der Waals surface area contributed by atoms with Gasteiger partial charge in [0.05, 0.1) is 13.7 Å². The third kappa shape index (κ3) is 4.32. The summed E-state index contributed by atoms with van der Waals surface area (Å²) in [5, 5.41) is 6.30. The van der Waals surface area contributed by atoms with Gasteiger partial charge in [-0.15, -0.1) is 0 Å². The molecule has 1 aliphatic rings. The molecule has 0 radical (unpaired) electrons. The second-order valence-corrected chi connectivity index (χ2v) is 3.86. The standard InChI is InChI=1S/C11H20N2O4/c1-3-17-9(14)5-4-8-10(11(15)16-2)13-7-6-12-8/h8,10,12-13H,3-7H2,1-2H3/t8-,10+/m0/s1. The Labute approximate surface area is 101 Å². The predicted molar refractivity (Wildman–Crippen MR) is 61.5 cm³/mol. The van der Waals surface area contributed by atoms with Crippen molar-refractivity contribution in [2.75, 3.05) is 26.8 Å². The third-order valence-corrected chi connectivity index (χ3v) is 2.72. The first-order valence-electron chi connectivity index (χ1n) is 5.89. The fourth-order valence-corrected chi connectivity index (χ4v) is 1.90. The van der Waals surface area contributed by atoms with Crippen molar-refractivity contribution in [3.8, 4) is 0 Å². The first-order valence-corrected chi connectivity index (χ1v) is 5.89. The van der Waals surface area contributed by atoms with Gasteiger partial charge in [0.2, 0.25) is 0 Å². The first kappa shape index (κ1) is 13.9. The van der Waals surface area contributed by atoms with Crippen LogP contribution in [0.2, 0.25) is 0 Å². The number of piperazine rings is 1. The van der Waals surface area contributed by atoms with Crippen LogP contribution in [0.1, 0.15) is 19.8 Å². The molecule has 1 saturated heterocycles. The average molecular weight is 244 g/mol. The largest absolute Gasteiger partial charge is 0.468 e. The third-order valence-electron chi connectivity index (χ3n) is 2.72. The Kier molecular flexibility index (Phi) is 5.93. The number of ether oxygens (including phenoxy) is 2. The monoisotopic (exact) mass is 244 g/mol. The minimum atomic E-state index is -0.386. The van der Waals surface area contributed by atoms with Crippen molar-refractivity contribution in [1.29, 1.82) is 0 Å². The number of methoxy groups -OCH3 is 1. The van der Waals surface area contributed by atoms with Crippen LogP contribution in [0.3, 0.4) is 0 Å². The fraction of sp³-hybridized carbons (Fsp3) is 0.818. The number of carbonyl (C=O) groups is 2. The average Bonchev–Trinajstić information content (AvgIpc) is 2.36. The molecule has 0 aliphatic carbocycles. The lowest BCUT2D eigenvalue weighted by Crippen LogP contribution is -2.59. The van der Waals surface area contributed by atoms with E-state index in [0.29, 0.717) is 19.4 Å². The van der Waals surface area contributed by atoms with Gasteiger partial charge in [0.1, 0.15) is 6.04 Å². The molecule has 1 rings (SSSR count). The molecular weight excluding hydrogens is 224 g/mol. The van der Waals surface area contributed by atoms with E-state index in [4.69, 9.17) is 9.47 Å². The predicted octanol–water partition coefficient (Wildman–Crippen LogP) is -0.567. The summed E-state index contributed by atoms with van der Waals surface area (Å²) in [5.41, 5.74) is 0. The van der Waals surface area contributed by atoms with Crippen LogP contribution in [0, 0.1) is 0 Å². The summed E-state index contributed by atoms with van der Waals surface area (Å²) in [6, 6.07) is -0.469. The maximum atomic E-state index is 11.5. The molecule has 0 aromatic rings. The molecule has 1 heterocycles. The van der Waals surface area contributed by atoms with E-state index < -0.39 is 0 Å². The van der Waals surface area contributed by atoms with Gasteiger partial charge in [0.25, 0.3) is 0 Å². The molecule has 0 spiro atoms. The van der Waals surface area contributed by atoms with Crippen molar-refractivity contribution in [2.24, 2.45) is 0 Å². The molecule has 2 atom stereocenters. The van der Waals surface area contributed by atoms with Crippen molar-refractivity contribution in [3.05, 3.63) is 0 Å². The summed E-state index contributed by atoms with van der Waals surface area (Å²) in [5.74, 6) is -0.533. The molecule has 1 fully saturated rings. The first-order chi connectivity index (χ1) is 8.19. The fourth-order valence-electron chi connectivity index (χ4n) is 1.90. The molecule has 6 heteroatoms. The van der Waals surface area contributed by atoms with Gasteiger partial charge in [-0.1, -0.05) is 0 Å². The quantitative estimate of drug-likeness (QED) is 0.631. The Hall–Kier alpha value is -1.14. The molecule has 0 aromatic heterocycles. The topological polar surface area (TPSA) is 76.7 Å². The van der Waals surface area contributed by atoms with Gasteiger partial charge >= 0.3 is 11.9 Å². The molecule has 6 nitrogen and oxygen atoms in total. The maximum absolute atomic E-state index is 11.5. The van der Waals surface area contributed by atoms with E-state index in [-0.39, 0.29) is 24.0 Å². The molecule has 0 aromatic carbocycles. The highest BCUT2D eigenvalue weighted by Crippen LogP contribution is 2.08. The smallest absolute Gasteiger partial charge is 0.324 e. The molecular formula is C11H20N2O4. The molecule has 0 saturated carbocycles. The van der Waals surface area contributed by atoms with Crippen LogP contribution in [0.5, 0.6) is 0 Å². The number of rotatable bonds is 5. The zero-order valence-corrected chi connectivity index (χ0v) is 10.3. The van der Waals surface area contributed by atoms with E-state index >= 15 is 0 Å². The van der Waals surface area contributed by atoms with Crippen LogP contribution in [-0.4, -0.2) is 50.8 Å². The van der Waals surface area contributed by atoms with Crippen LogP contribution in [0.15, 0.2) is 0 Å². The number of hydrogen-bond donors (Lipinski definition) is 2. The van der Waals surface area contributed by atoms with E-state index in [1.807, 2.05) is 0 Å². The Morgan fingerprint density at radius 1 is 1.29 bits per heavy atom. The van der Waals surface area contributed by atoms with E-state index in [2.05, 4.69) is 10.6 Å². The lowest BCUT2D eigenvalue weighted by atomic mass is 10.0. The Morgan fingerprint density at radius 2 is 2.00 bits per heavy atom. The van der Waals surface area contributed by atoms with Gasteiger partial charge in [-0.2, -0.15) is 0 Å². The maximum Gasteiger partial charge on any atom is 0.324 e. The highest BCUT2D eigenvalue weighted by molar-refractivity contribution is 5.77. The van der Waals surface area contributed by atoms with Crippen molar-refractivity contribution >= 4 is 11.9 Å². The van der Waals surface area contributed by atoms with Gasteiger partial charge < -0.3 is 20.1 Å². The summed E-state index contributed by atoms with van der Waals surface area (Å²) in [6.45, 7) is 3.65. The summed E-state index contributed by atoms with van der Waals surface area (Å²) < 4.78 is 9.57. The second-order valence-electron chi connectivity index (χ2n) is 3.86. The molecule has 0 unspecified atom stereocenters. The van der Waals surface area contributed by atoms with Gasteiger partial charge in [-0.05, 0) is 13.3 Å². The lowest BCUT2D eigenvalue weighted by Gasteiger charge is -2.31. The van der Waals surface area contributed by atoms with Crippen LogP contribution >= 0.6 is 0 Å². The van der Waals surface area contributed by atoms with Crippen LogP contribution < -0.4 is 10.6 Å². The summed E-state index contributed by atoms with van der Waals surface area (Å²) in [7, 11) is 1.36. The lowest BCUT2D eigenvalue weighted by molar-refractivity contribution is -0.146. The molecule has 17 heavy (non-hydrogen) atoms. The minimum Gasteiger partial charge on any atom is -0.468 e. The van der Waals surface area contributed by atoms with Crippen molar-refractivity contribution < 1.29 is 19.1 Å². The summed E-state index contributed by atoms with van der Waals surface area (Å²) >= 11 is 0. The van der Waals surface area contributed by atoms with Gasteiger partial charge in [0, 0.05) is 25.6 Å². The van der Waals surface area contributed by atoms with E-state index in [1.165, 1.54) is 7.11 Å². The SMILES string of the molecule is CCOC(=O)CC[C@@H]1NCCN[C@H]1C(=O)OC. The van der Waals surface area contributed by atoms with Crippen molar-refractivity contribution in [2.45, 2.75) is 31.8 Å². The summed E-state index contributed by atoms with van der Waals surface area (Å²) in [4.78, 5) is 22.8. The number of nitrogens with one attached hydrogen (secondary N) is 2. The Balaban J connectivity index is 2.42. The molecule has 2 N–H and O–H groups in total. The summed E-state index contributed by atoms with van der Waals surface area (Å²) in [6.07, 6.45) is 0.867. The van der Waals surface area contributed by atoms with Crippen LogP contribution in [0.4, 0.5) is 0 Å². The van der Waals surface area contributed by atoms with Crippen molar-refractivity contribution in [3.63, 3.8) is 0 Å². The van der Waals surface area contributed by atoms with Crippen LogP contribution in [0.25, 0.3) is 0 Å². The minimum absolute atomic E-state index is 0.0828. The molecule has 0 bridgehead atoms.